The van der Waals surface area contributed by atoms with Crippen LogP contribution in [-0.4, -0.2) is 5.84 Å². The van der Waals surface area contributed by atoms with Crippen LogP contribution in [0.15, 0.2) is 151 Å². The molecule has 0 bridgehead atoms. The van der Waals surface area contributed by atoms with Crippen molar-refractivity contribution in [1.29, 1.82) is 0 Å². The molecule has 1 aliphatic heterocycles. The molecule has 0 amide bonds. The number of aliphatic imine (C=N–C) groups is 1. The molecule has 0 saturated carbocycles. The average molecular weight is 437 g/mol. The van der Waals surface area contributed by atoms with Gasteiger partial charge in [-0.2, -0.15) is 0 Å². The molecule has 0 saturated heterocycles. The van der Waals surface area contributed by atoms with Crippen LogP contribution in [0.25, 0.3) is 0 Å². The molecule has 0 aromatic heterocycles. The monoisotopic (exact) mass is 436 g/mol. The Bertz CT molecular complexity index is 1390. The van der Waals surface area contributed by atoms with Gasteiger partial charge in [-0.1, -0.05) is 121 Å². The zero-order valence-electron chi connectivity index (χ0n) is 18.8. The summed E-state index contributed by atoms with van der Waals surface area (Å²) in [6.07, 6.45) is 0. The van der Waals surface area contributed by atoms with Crippen molar-refractivity contribution in [2.75, 3.05) is 4.90 Å². The molecule has 0 N–H and O–H groups in total. The lowest BCUT2D eigenvalue weighted by molar-refractivity contribution is 0.661. The van der Waals surface area contributed by atoms with Gasteiger partial charge in [0, 0.05) is 11.3 Å². The molecule has 2 nitrogen and oxygen atoms in total. The summed E-state index contributed by atoms with van der Waals surface area (Å²) in [6.45, 7) is 0. The highest BCUT2D eigenvalue weighted by Crippen LogP contribution is 2.51. The zero-order chi connectivity index (χ0) is 22.8. The molecule has 0 atom stereocenters. The second-order valence-corrected chi connectivity index (χ2v) is 8.43. The molecule has 1 heterocycles. The fourth-order valence-corrected chi connectivity index (χ4v) is 5.12. The SMILES string of the molecule is c1ccc(N=C2c3ccccc3C(c3ccccc3)(c3ccccc3)N2c2ccccc2)cc1. The molecule has 0 radical (unpaired) electrons. The van der Waals surface area contributed by atoms with Gasteiger partial charge in [-0.3, -0.25) is 0 Å². The van der Waals surface area contributed by atoms with Crippen LogP contribution in [0.5, 0.6) is 0 Å². The summed E-state index contributed by atoms with van der Waals surface area (Å²) < 4.78 is 0. The Labute approximate surface area is 200 Å². The van der Waals surface area contributed by atoms with Gasteiger partial charge in [0.15, 0.2) is 0 Å². The van der Waals surface area contributed by atoms with Crippen LogP contribution in [0.3, 0.4) is 0 Å². The summed E-state index contributed by atoms with van der Waals surface area (Å²) in [5, 5.41) is 0. The van der Waals surface area contributed by atoms with Crippen molar-refractivity contribution in [2.45, 2.75) is 5.54 Å². The van der Waals surface area contributed by atoms with Crippen molar-refractivity contribution < 1.29 is 0 Å². The van der Waals surface area contributed by atoms with Gasteiger partial charge in [-0.15, -0.1) is 0 Å². The minimum Gasteiger partial charge on any atom is -0.307 e. The van der Waals surface area contributed by atoms with E-state index < -0.39 is 5.54 Å². The third-order valence-electron chi connectivity index (χ3n) is 6.49. The molecule has 5 aromatic carbocycles. The molecular formula is C32H24N2. The molecule has 0 unspecified atom stereocenters. The van der Waals surface area contributed by atoms with Gasteiger partial charge in [-0.25, -0.2) is 4.99 Å². The van der Waals surface area contributed by atoms with E-state index in [9.17, 15) is 0 Å². The van der Waals surface area contributed by atoms with Gasteiger partial charge in [0.1, 0.15) is 11.4 Å². The van der Waals surface area contributed by atoms with E-state index in [-0.39, 0.29) is 0 Å². The fourth-order valence-electron chi connectivity index (χ4n) is 5.12. The Hall–Kier alpha value is -4.43. The Kier molecular flexibility index (Phi) is 5.04. The number of para-hydroxylation sites is 2. The third-order valence-corrected chi connectivity index (χ3v) is 6.49. The molecular weight excluding hydrogens is 412 g/mol. The zero-order valence-corrected chi connectivity index (χ0v) is 18.8. The van der Waals surface area contributed by atoms with Gasteiger partial charge in [0.2, 0.25) is 0 Å². The summed E-state index contributed by atoms with van der Waals surface area (Å²) in [7, 11) is 0. The van der Waals surface area contributed by atoms with Gasteiger partial charge < -0.3 is 4.90 Å². The number of hydrogen-bond donors (Lipinski definition) is 0. The molecule has 6 rings (SSSR count). The predicted octanol–water partition coefficient (Wildman–Crippen LogP) is 7.58. The van der Waals surface area contributed by atoms with Crippen LogP contribution in [0.2, 0.25) is 0 Å². The van der Waals surface area contributed by atoms with Gasteiger partial charge in [-0.05, 0) is 41.0 Å². The van der Waals surface area contributed by atoms with Crippen molar-refractivity contribution in [2.24, 2.45) is 4.99 Å². The average Bonchev–Trinajstić information content (AvgIpc) is 3.22. The van der Waals surface area contributed by atoms with Crippen LogP contribution in [0.4, 0.5) is 11.4 Å². The van der Waals surface area contributed by atoms with E-state index in [1.165, 1.54) is 16.7 Å². The van der Waals surface area contributed by atoms with Crippen molar-refractivity contribution in [3.05, 3.63) is 168 Å². The predicted molar refractivity (Wildman–Crippen MR) is 141 cm³/mol. The lowest BCUT2D eigenvalue weighted by Gasteiger charge is -2.41. The third kappa shape index (κ3) is 3.15. The van der Waals surface area contributed by atoms with Gasteiger partial charge >= 0.3 is 0 Å². The van der Waals surface area contributed by atoms with Crippen molar-refractivity contribution >= 4 is 17.2 Å². The number of nitrogens with zero attached hydrogens (tertiary/aromatic N) is 2. The maximum absolute atomic E-state index is 5.25. The van der Waals surface area contributed by atoms with Crippen molar-refractivity contribution in [3.63, 3.8) is 0 Å². The number of anilines is 1. The Morgan fingerprint density at radius 3 is 1.53 bits per heavy atom. The minimum absolute atomic E-state index is 0.561. The smallest absolute Gasteiger partial charge is 0.142 e. The topological polar surface area (TPSA) is 15.6 Å². The Morgan fingerprint density at radius 1 is 0.471 bits per heavy atom. The number of benzene rings is 5. The van der Waals surface area contributed by atoms with Crippen molar-refractivity contribution in [1.82, 2.24) is 0 Å². The summed E-state index contributed by atoms with van der Waals surface area (Å²) >= 11 is 0. The fraction of sp³-hybridized carbons (Fsp3) is 0.0312. The highest BCUT2D eigenvalue weighted by atomic mass is 15.3. The van der Waals surface area contributed by atoms with E-state index in [2.05, 4.69) is 132 Å². The van der Waals surface area contributed by atoms with Crippen molar-refractivity contribution in [3.8, 4) is 0 Å². The van der Waals surface area contributed by atoms with Crippen LogP contribution in [0.1, 0.15) is 22.3 Å². The standard InChI is InChI=1S/C32H24N2/c1-5-15-25(16-6-1)32(26-17-7-2-8-18-26)30-24-14-13-23-29(30)31(33-27-19-9-3-10-20-27)34(32)28-21-11-4-12-22-28/h1-24H. The summed E-state index contributed by atoms with van der Waals surface area (Å²) in [6, 6.07) is 51.1. The van der Waals surface area contributed by atoms with E-state index >= 15 is 0 Å². The van der Waals surface area contributed by atoms with E-state index in [0.29, 0.717) is 0 Å². The first-order valence-electron chi connectivity index (χ1n) is 11.6. The number of fused-ring (bicyclic) bond motifs is 1. The molecule has 0 spiro atoms. The first-order valence-corrected chi connectivity index (χ1v) is 11.6. The minimum atomic E-state index is -0.561. The summed E-state index contributed by atoms with van der Waals surface area (Å²) in [5.41, 5.74) is 6.25. The number of hydrogen-bond acceptors (Lipinski definition) is 1. The quantitative estimate of drug-likeness (QED) is 0.283. The molecule has 5 aromatic rings. The van der Waals surface area contributed by atoms with E-state index in [0.717, 1.165) is 22.8 Å². The largest absolute Gasteiger partial charge is 0.307 e. The van der Waals surface area contributed by atoms with Gasteiger partial charge in [0.05, 0.1) is 5.69 Å². The van der Waals surface area contributed by atoms with Crippen LogP contribution >= 0.6 is 0 Å². The highest BCUT2D eigenvalue weighted by Gasteiger charge is 2.51. The summed E-state index contributed by atoms with van der Waals surface area (Å²) in [4.78, 5) is 7.66. The molecule has 0 fully saturated rings. The maximum Gasteiger partial charge on any atom is 0.142 e. The van der Waals surface area contributed by atoms with E-state index in [1.807, 2.05) is 18.2 Å². The first kappa shape index (κ1) is 20.2. The summed E-state index contributed by atoms with van der Waals surface area (Å²) in [5.74, 6) is 0.945. The van der Waals surface area contributed by atoms with Crippen LogP contribution < -0.4 is 4.90 Å². The Morgan fingerprint density at radius 2 is 0.941 bits per heavy atom. The van der Waals surface area contributed by atoms with Gasteiger partial charge in [0.25, 0.3) is 0 Å². The first-order chi connectivity index (χ1) is 16.9. The van der Waals surface area contributed by atoms with E-state index in [1.54, 1.807) is 0 Å². The molecule has 1 aliphatic rings. The lowest BCUT2D eigenvalue weighted by atomic mass is 9.77. The Balaban J connectivity index is 1.76. The lowest BCUT2D eigenvalue weighted by Crippen LogP contribution is -2.46. The number of amidine groups is 1. The highest BCUT2D eigenvalue weighted by molar-refractivity contribution is 6.17. The maximum atomic E-state index is 5.25. The second kappa shape index (κ2) is 8.49. The number of rotatable bonds is 4. The second-order valence-electron chi connectivity index (χ2n) is 8.43. The van der Waals surface area contributed by atoms with E-state index in [4.69, 9.17) is 4.99 Å². The molecule has 2 heteroatoms. The van der Waals surface area contributed by atoms with Crippen LogP contribution in [-0.2, 0) is 5.54 Å². The molecule has 34 heavy (non-hydrogen) atoms. The normalized spacial score (nSPS) is 15.3. The molecule has 0 aliphatic carbocycles. The van der Waals surface area contributed by atoms with Crippen LogP contribution in [0, 0.1) is 0 Å². The molecule has 162 valence electrons.